The second-order valence-electron chi connectivity index (χ2n) is 8.45. The lowest BCUT2D eigenvalue weighted by Crippen LogP contribution is -2.35. The van der Waals surface area contributed by atoms with Gasteiger partial charge in [0.25, 0.3) is 0 Å². The van der Waals surface area contributed by atoms with Gasteiger partial charge in [0, 0.05) is 25.7 Å². The van der Waals surface area contributed by atoms with Gasteiger partial charge in [-0.1, -0.05) is 73.2 Å². The van der Waals surface area contributed by atoms with Crippen LogP contribution in [0.25, 0.3) is 10.8 Å². The molecule has 0 aromatic heterocycles. The molecule has 2 heterocycles. The van der Waals surface area contributed by atoms with Gasteiger partial charge in [-0.3, -0.25) is 9.80 Å². The zero-order valence-electron chi connectivity index (χ0n) is 17.1. The third-order valence-corrected chi connectivity index (χ3v) is 6.62. The molecule has 2 aliphatic rings. The molecule has 1 fully saturated rings. The van der Waals surface area contributed by atoms with Crippen molar-refractivity contribution in [1.29, 1.82) is 0 Å². The molecule has 152 valence electrons. The Labute approximate surface area is 180 Å². The summed E-state index contributed by atoms with van der Waals surface area (Å²) >= 11 is 0. The van der Waals surface area contributed by atoms with E-state index in [1.54, 1.807) is 0 Å². The van der Waals surface area contributed by atoms with Gasteiger partial charge < -0.3 is 0 Å². The van der Waals surface area contributed by atoms with Crippen LogP contribution in [0.15, 0.2) is 66.7 Å². The van der Waals surface area contributed by atoms with E-state index in [1.165, 1.54) is 72.8 Å². The van der Waals surface area contributed by atoms with Crippen molar-refractivity contribution in [3.63, 3.8) is 0 Å². The number of hydrogen-bond acceptors (Lipinski definition) is 2. The topological polar surface area (TPSA) is 6.48 Å². The number of likely N-dealkylation sites (tertiary alicyclic amines) is 1. The van der Waals surface area contributed by atoms with Gasteiger partial charge in [0.15, 0.2) is 0 Å². The molecule has 5 rings (SSSR count). The highest BCUT2D eigenvalue weighted by Gasteiger charge is 2.25. The number of benzene rings is 3. The quantitative estimate of drug-likeness (QED) is 0.498. The molecule has 29 heavy (non-hydrogen) atoms. The van der Waals surface area contributed by atoms with Crippen LogP contribution in [0, 0.1) is 0 Å². The van der Waals surface area contributed by atoms with Crippen LogP contribution in [0.2, 0.25) is 0 Å². The van der Waals surface area contributed by atoms with E-state index in [4.69, 9.17) is 0 Å². The normalized spacial score (nSPS) is 19.8. The van der Waals surface area contributed by atoms with Gasteiger partial charge in [-0.25, -0.2) is 0 Å². The second-order valence-corrected chi connectivity index (χ2v) is 8.45. The van der Waals surface area contributed by atoms with Crippen LogP contribution in [-0.2, 0) is 13.1 Å². The van der Waals surface area contributed by atoms with Crippen molar-refractivity contribution < 1.29 is 0 Å². The molecule has 1 unspecified atom stereocenters. The molecule has 0 radical (unpaired) electrons. The maximum atomic E-state index is 2.76. The van der Waals surface area contributed by atoms with Gasteiger partial charge in [0.2, 0.25) is 0 Å². The van der Waals surface area contributed by atoms with Crippen LogP contribution < -0.4 is 0 Å². The summed E-state index contributed by atoms with van der Waals surface area (Å²) in [5.74, 6) is 0. The number of piperidine rings is 1. The fourth-order valence-electron chi connectivity index (χ4n) is 5.21. The highest BCUT2D eigenvalue weighted by molar-refractivity contribution is 5.86. The minimum atomic E-state index is 0. The summed E-state index contributed by atoms with van der Waals surface area (Å²) in [5, 5.41) is 2.82. The van der Waals surface area contributed by atoms with E-state index < -0.39 is 0 Å². The van der Waals surface area contributed by atoms with Crippen molar-refractivity contribution in [3.8, 4) is 0 Å². The minimum absolute atomic E-state index is 0. The summed E-state index contributed by atoms with van der Waals surface area (Å²) in [6.07, 6.45) is 5.25. The Bertz CT molecular complexity index is 924. The van der Waals surface area contributed by atoms with E-state index in [0.717, 1.165) is 13.1 Å². The van der Waals surface area contributed by atoms with Crippen LogP contribution in [0.3, 0.4) is 0 Å². The third kappa shape index (κ3) is 4.35. The Morgan fingerprint density at radius 2 is 1.48 bits per heavy atom. The molecular formula is C26H31ClN2. The predicted molar refractivity (Wildman–Crippen MR) is 125 cm³/mol. The monoisotopic (exact) mass is 406 g/mol. The fraction of sp³-hybridized carbons (Fsp3) is 0.385. The molecule has 0 bridgehead atoms. The summed E-state index contributed by atoms with van der Waals surface area (Å²) in [6, 6.07) is 25.2. The van der Waals surface area contributed by atoms with E-state index in [1.807, 2.05) is 0 Å². The molecule has 2 aliphatic heterocycles. The van der Waals surface area contributed by atoms with Crippen LogP contribution in [0.4, 0.5) is 0 Å². The van der Waals surface area contributed by atoms with Crippen molar-refractivity contribution in [2.45, 2.75) is 44.8 Å². The van der Waals surface area contributed by atoms with Crippen LogP contribution in [0.5, 0.6) is 0 Å². The highest BCUT2D eigenvalue weighted by Crippen LogP contribution is 2.35. The third-order valence-electron chi connectivity index (χ3n) is 6.62. The Morgan fingerprint density at radius 3 is 2.31 bits per heavy atom. The number of fused-ring (bicyclic) bond motifs is 2. The second kappa shape index (κ2) is 9.30. The molecule has 0 aliphatic carbocycles. The lowest BCUT2D eigenvalue weighted by Gasteiger charge is -2.37. The van der Waals surface area contributed by atoms with Gasteiger partial charge in [-0.05, 0) is 59.8 Å². The zero-order valence-corrected chi connectivity index (χ0v) is 17.9. The number of halogens is 1. The van der Waals surface area contributed by atoms with Crippen molar-refractivity contribution >= 4 is 23.2 Å². The molecule has 3 heteroatoms. The lowest BCUT2D eigenvalue weighted by molar-refractivity contribution is 0.139. The highest BCUT2D eigenvalue weighted by atomic mass is 35.5. The van der Waals surface area contributed by atoms with Crippen molar-refractivity contribution in [2.75, 3.05) is 19.6 Å². The van der Waals surface area contributed by atoms with E-state index in [9.17, 15) is 0 Å². The molecule has 0 N–H and O–H groups in total. The summed E-state index contributed by atoms with van der Waals surface area (Å²) in [5.41, 5.74) is 4.58. The fourth-order valence-corrected chi connectivity index (χ4v) is 5.21. The summed E-state index contributed by atoms with van der Waals surface area (Å²) in [6.45, 7) is 5.91. The van der Waals surface area contributed by atoms with Crippen LogP contribution in [0.1, 0.15) is 48.4 Å². The minimum Gasteiger partial charge on any atom is -0.296 e. The number of rotatable bonds is 5. The van der Waals surface area contributed by atoms with E-state index >= 15 is 0 Å². The molecule has 3 aromatic carbocycles. The van der Waals surface area contributed by atoms with Gasteiger partial charge in [0.1, 0.15) is 0 Å². The Hall–Kier alpha value is -1.87. The van der Waals surface area contributed by atoms with Gasteiger partial charge in [-0.15, -0.1) is 12.4 Å². The van der Waals surface area contributed by atoms with Crippen molar-refractivity contribution in [3.05, 3.63) is 83.4 Å². The lowest BCUT2D eigenvalue weighted by atomic mass is 9.91. The summed E-state index contributed by atoms with van der Waals surface area (Å²) in [7, 11) is 0. The standard InChI is InChI=1S/C26H30N2.ClH/c1-2-11-23-20-27(19-22(23)10-1)16-8-18-28-17-6-5-15-26(28)25-14-7-12-21-9-3-4-13-24(21)25;/h1-4,7,9-14,26H,5-6,8,15-20H2;1H. The average Bonchev–Trinajstić information content (AvgIpc) is 3.17. The first-order valence-corrected chi connectivity index (χ1v) is 10.9. The maximum absolute atomic E-state index is 2.76. The number of nitrogens with zero attached hydrogens (tertiary/aromatic N) is 2. The predicted octanol–water partition coefficient (Wildman–Crippen LogP) is 6.19. The maximum Gasteiger partial charge on any atom is 0.0354 e. The molecule has 0 spiro atoms. The van der Waals surface area contributed by atoms with Crippen molar-refractivity contribution in [2.24, 2.45) is 0 Å². The zero-order chi connectivity index (χ0) is 18.8. The summed E-state index contributed by atoms with van der Waals surface area (Å²) in [4.78, 5) is 5.37. The molecule has 1 atom stereocenters. The average molecular weight is 407 g/mol. The van der Waals surface area contributed by atoms with E-state index in [2.05, 4.69) is 76.5 Å². The first-order valence-electron chi connectivity index (χ1n) is 10.9. The molecule has 0 amide bonds. The Kier molecular flexibility index (Phi) is 6.54. The molecule has 1 saturated heterocycles. The Balaban J connectivity index is 0.00000205. The Morgan fingerprint density at radius 1 is 0.759 bits per heavy atom. The van der Waals surface area contributed by atoms with Gasteiger partial charge >= 0.3 is 0 Å². The van der Waals surface area contributed by atoms with Crippen LogP contribution in [-0.4, -0.2) is 29.4 Å². The first-order chi connectivity index (χ1) is 13.9. The summed E-state index contributed by atoms with van der Waals surface area (Å²) < 4.78 is 0. The largest absolute Gasteiger partial charge is 0.296 e. The van der Waals surface area contributed by atoms with Crippen molar-refractivity contribution in [1.82, 2.24) is 9.80 Å². The smallest absolute Gasteiger partial charge is 0.0354 e. The SMILES string of the molecule is Cl.c1ccc2c(c1)CN(CCCN1CCCCC1c1cccc3ccccc13)C2. The number of hydrogen-bond donors (Lipinski definition) is 0. The molecule has 3 aromatic rings. The first kappa shape index (κ1) is 20.4. The van der Waals surface area contributed by atoms with Gasteiger partial charge in [-0.2, -0.15) is 0 Å². The molecule has 0 saturated carbocycles. The molecule has 2 nitrogen and oxygen atoms in total. The van der Waals surface area contributed by atoms with E-state index in [0.29, 0.717) is 6.04 Å². The van der Waals surface area contributed by atoms with E-state index in [-0.39, 0.29) is 12.4 Å². The van der Waals surface area contributed by atoms with Gasteiger partial charge in [0.05, 0.1) is 0 Å². The molecular weight excluding hydrogens is 376 g/mol. The van der Waals surface area contributed by atoms with Crippen LogP contribution >= 0.6 is 12.4 Å².